The van der Waals surface area contributed by atoms with Gasteiger partial charge in [-0.1, -0.05) is 12.1 Å². The highest BCUT2D eigenvalue weighted by Crippen LogP contribution is 2.29. The molecule has 1 aliphatic heterocycles. The molecule has 0 radical (unpaired) electrons. The van der Waals surface area contributed by atoms with Crippen molar-refractivity contribution in [1.82, 2.24) is 5.32 Å². The summed E-state index contributed by atoms with van der Waals surface area (Å²) < 4.78 is 10.7. The summed E-state index contributed by atoms with van der Waals surface area (Å²) in [6.07, 6.45) is -0.448. The lowest BCUT2D eigenvalue weighted by molar-refractivity contribution is 0.0435. The van der Waals surface area contributed by atoms with Gasteiger partial charge in [0.2, 0.25) is 0 Å². The first-order valence-electron chi connectivity index (χ1n) is 7.19. The van der Waals surface area contributed by atoms with Gasteiger partial charge in [0.05, 0.1) is 18.8 Å². The smallest absolute Gasteiger partial charge is 0.407 e. The number of hydrogen-bond acceptors (Lipinski definition) is 4. The van der Waals surface area contributed by atoms with Gasteiger partial charge in [0.1, 0.15) is 11.4 Å². The number of fused-ring (bicyclic) bond motifs is 1. The number of carbonyl (C=O) groups excluding carboxylic acids is 1. The topological polar surface area (TPSA) is 67.8 Å². The Morgan fingerprint density at radius 1 is 1.43 bits per heavy atom. The molecule has 0 fully saturated rings. The average Bonchev–Trinajstić information content (AvgIpc) is 2.82. The molecule has 2 atom stereocenters. The fraction of sp³-hybridized carbons (Fsp3) is 0.562. The van der Waals surface area contributed by atoms with Crippen molar-refractivity contribution in [2.45, 2.75) is 51.9 Å². The van der Waals surface area contributed by atoms with E-state index in [-0.39, 0.29) is 0 Å². The summed E-state index contributed by atoms with van der Waals surface area (Å²) in [7, 11) is 0. The van der Waals surface area contributed by atoms with Crippen molar-refractivity contribution in [3.8, 4) is 5.75 Å². The van der Waals surface area contributed by atoms with Crippen molar-refractivity contribution in [2.75, 3.05) is 6.61 Å². The van der Waals surface area contributed by atoms with Gasteiger partial charge in [0, 0.05) is 6.42 Å². The molecule has 1 amide bonds. The standard InChI is InChI=1S/C16H23NO4/c1-10(17-15(19)21-16(2,3)4)14(18)12-6-5-11-7-8-20-13(11)9-12/h5-6,9-10,14,18H,7-8H2,1-4H3,(H,17,19)/t10-,14-/m0/s1. The Labute approximate surface area is 125 Å². The molecule has 21 heavy (non-hydrogen) atoms. The van der Waals surface area contributed by atoms with Gasteiger partial charge in [-0.25, -0.2) is 4.79 Å². The maximum atomic E-state index is 11.7. The molecule has 0 spiro atoms. The maximum absolute atomic E-state index is 11.7. The SMILES string of the molecule is C[C@H](NC(=O)OC(C)(C)C)[C@H](O)c1ccc2c(c1)OCC2. The summed E-state index contributed by atoms with van der Waals surface area (Å²) in [6, 6.07) is 5.20. The third kappa shape index (κ3) is 4.11. The number of hydrogen-bond donors (Lipinski definition) is 2. The number of amides is 1. The van der Waals surface area contributed by atoms with E-state index in [2.05, 4.69) is 5.32 Å². The molecule has 5 nitrogen and oxygen atoms in total. The van der Waals surface area contributed by atoms with Gasteiger partial charge in [0.25, 0.3) is 0 Å². The van der Waals surface area contributed by atoms with Crippen LogP contribution in [0.5, 0.6) is 5.75 Å². The van der Waals surface area contributed by atoms with Crippen molar-refractivity contribution >= 4 is 6.09 Å². The van der Waals surface area contributed by atoms with E-state index in [0.717, 1.165) is 23.3 Å². The molecule has 0 saturated heterocycles. The van der Waals surface area contributed by atoms with E-state index in [1.54, 1.807) is 27.7 Å². The molecule has 1 aromatic rings. The Bertz CT molecular complexity index is 521. The van der Waals surface area contributed by atoms with Gasteiger partial charge in [-0.15, -0.1) is 0 Å². The zero-order valence-corrected chi connectivity index (χ0v) is 13.0. The van der Waals surface area contributed by atoms with Crippen molar-refractivity contribution in [3.63, 3.8) is 0 Å². The van der Waals surface area contributed by atoms with E-state index in [0.29, 0.717) is 6.61 Å². The Morgan fingerprint density at radius 3 is 2.81 bits per heavy atom. The van der Waals surface area contributed by atoms with Crippen LogP contribution in [0, 0.1) is 0 Å². The van der Waals surface area contributed by atoms with Gasteiger partial charge in [-0.3, -0.25) is 0 Å². The third-order valence-electron chi connectivity index (χ3n) is 3.28. The zero-order valence-electron chi connectivity index (χ0n) is 13.0. The predicted octanol–water partition coefficient (Wildman–Crippen LogP) is 2.57. The minimum Gasteiger partial charge on any atom is -0.493 e. The number of benzene rings is 1. The van der Waals surface area contributed by atoms with Crippen LogP contribution < -0.4 is 10.1 Å². The highest BCUT2D eigenvalue weighted by Gasteiger charge is 2.23. The van der Waals surface area contributed by atoms with Crippen LogP contribution in [-0.4, -0.2) is 29.4 Å². The van der Waals surface area contributed by atoms with Gasteiger partial charge >= 0.3 is 6.09 Å². The number of ether oxygens (including phenoxy) is 2. The predicted molar refractivity (Wildman–Crippen MR) is 79.4 cm³/mol. The first-order chi connectivity index (χ1) is 9.76. The summed E-state index contributed by atoms with van der Waals surface area (Å²) in [5.74, 6) is 0.816. The maximum Gasteiger partial charge on any atom is 0.407 e. The quantitative estimate of drug-likeness (QED) is 0.899. The normalized spacial score (nSPS) is 16.6. The van der Waals surface area contributed by atoms with Crippen molar-refractivity contribution < 1.29 is 19.4 Å². The van der Waals surface area contributed by atoms with E-state index < -0.39 is 23.8 Å². The van der Waals surface area contributed by atoms with Crippen LogP contribution in [0.4, 0.5) is 4.79 Å². The molecule has 1 heterocycles. The van der Waals surface area contributed by atoms with Crippen LogP contribution in [0.25, 0.3) is 0 Å². The van der Waals surface area contributed by atoms with Crippen molar-refractivity contribution in [2.24, 2.45) is 0 Å². The first kappa shape index (κ1) is 15.6. The number of carbonyl (C=O) groups is 1. The fourth-order valence-corrected chi connectivity index (χ4v) is 2.23. The van der Waals surface area contributed by atoms with Gasteiger partial charge < -0.3 is 19.9 Å². The van der Waals surface area contributed by atoms with E-state index in [4.69, 9.17) is 9.47 Å². The molecule has 0 saturated carbocycles. The van der Waals surface area contributed by atoms with E-state index in [1.165, 1.54) is 0 Å². The minimum absolute atomic E-state index is 0.459. The van der Waals surface area contributed by atoms with Crippen molar-refractivity contribution in [1.29, 1.82) is 0 Å². The summed E-state index contributed by atoms with van der Waals surface area (Å²) in [4.78, 5) is 11.7. The summed E-state index contributed by atoms with van der Waals surface area (Å²) in [5.41, 5.74) is 1.31. The Morgan fingerprint density at radius 2 is 2.14 bits per heavy atom. The average molecular weight is 293 g/mol. The largest absolute Gasteiger partial charge is 0.493 e. The molecule has 0 aromatic heterocycles. The second-order valence-corrected chi connectivity index (χ2v) is 6.35. The van der Waals surface area contributed by atoms with Crippen LogP contribution in [0.15, 0.2) is 18.2 Å². The lowest BCUT2D eigenvalue weighted by Crippen LogP contribution is -2.40. The second kappa shape index (κ2) is 5.93. The molecule has 0 bridgehead atoms. The van der Waals surface area contributed by atoms with Crippen LogP contribution in [-0.2, 0) is 11.2 Å². The van der Waals surface area contributed by atoms with Gasteiger partial charge in [0.15, 0.2) is 0 Å². The van der Waals surface area contributed by atoms with Gasteiger partial charge in [-0.05, 0) is 44.9 Å². The molecular weight excluding hydrogens is 270 g/mol. The lowest BCUT2D eigenvalue weighted by atomic mass is 10.0. The Balaban J connectivity index is 1.99. The summed E-state index contributed by atoms with van der Waals surface area (Å²) in [6.45, 7) is 7.81. The molecule has 0 aliphatic carbocycles. The Kier molecular flexibility index (Phi) is 4.42. The number of nitrogens with one attached hydrogen (secondary N) is 1. The minimum atomic E-state index is -0.813. The second-order valence-electron chi connectivity index (χ2n) is 6.35. The molecule has 2 rings (SSSR count). The monoisotopic (exact) mass is 293 g/mol. The molecule has 5 heteroatoms. The molecule has 116 valence electrons. The van der Waals surface area contributed by atoms with Crippen LogP contribution in [0.1, 0.15) is 44.9 Å². The van der Waals surface area contributed by atoms with E-state index in [9.17, 15) is 9.90 Å². The third-order valence-corrected chi connectivity index (χ3v) is 3.28. The number of alkyl carbamates (subject to hydrolysis) is 1. The number of rotatable bonds is 3. The number of aliphatic hydroxyl groups excluding tert-OH is 1. The zero-order chi connectivity index (χ0) is 15.6. The summed E-state index contributed by atoms with van der Waals surface area (Å²) in [5, 5.41) is 13.0. The molecule has 0 unspecified atom stereocenters. The number of aliphatic hydroxyl groups is 1. The molecule has 1 aliphatic rings. The highest BCUT2D eigenvalue weighted by molar-refractivity contribution is 5.68. The lowest BCUT2D eigenvalue weighted by Gasteiger charge is -2.24. The van der Waals surface area contributed by atoms with Gasteiger partial charge in [-0.2, -0.15) is 0 Å². The first-order valence-corrected chi connectivity index (χ1v) is 7.19. The molecule has 1 aromatic carbocycles. The van der Waals surface area contributed by atoms with E-state index in [1.807, 2.05) is 18.2 Å². The van der Waals surface area contributed by atoms with Crippen LogP contribution in [0.3, 0.4) is 0 Å². The van der Waals surface area contributed by atoms with Crippen molar-refractivity contribution in [3.05, 3.63) is 29.3 Å². The Hall–Kier alpha value is -1.75. The summed E-state index contributed by atoms with van der Waals surface area (Å²) >= 11 is 0. The van der Waals surface area contributed by atoms with Crippen LogP contribution >= 0.6 is 0 Å². The highest BCUT2D eigenvalue weighted by atomic mass is 16.6. The van der Waals surface area contributed by atoms with Crippen LogP contribution in [0.2, 0.25) is 0 Å². The molecule has 2 N–H and O–H groups in total. The van der Waals surface area contributed by atoms with E-state index >= 15 is 0 Å². The fourth-order valence-electron chi connectivity index (χ4n) is 2.23. The molecular formula is C16H23NO4.